The van der Waals surface area contributed by atoms with E-state index in [9.17, 15) is 14.4 Å². The number of carbonyl (C=O) groups excluding carboxylic acids is 3. The van der Waals surface area contributed by atoms with Crippen molar-refractivity contribution >= 4 is 29.2 Å². The number of hydrogen-bond donors (Lipinski definition) is 3. The number of rotatable bonds is 8. The maximum absolute atomic E-state index is 12.8. The first-order chi connectivity index (χ1) is 15.5. The van der Waals surface area contributed by atoms with E-state index in [0.29, 0.717) is 29.2 Å². The third kappa shape index (κ3) is 5.72. The Labute approximate surface area is 188 Å². The van der Waals surface area contributed by atoms with Gasteiger partial charge in [-0.05, 0) is 61.9 Å². The highest BCUT2D eigenvalue weighted by Gasteiger charge is 2.29. The molecule has 1 heterocycles. The molecule has 1 aromatic carbocycles. The second kappa shape index (κ2) is 9.94. The molecule has 1 aromatic heterocycles. The van der Waals surface area contributed by atoms with Crippen molar-refractivity contribution in [2.24, 2.45) is 11.8 Å². The number of aromatic nitrogens is 1. The van der Waals surface area contributed by atoms with Crippen LogP contribution in [0.3, 0.4) is 0 Å². The molecule has 168 valence electrons. The van der Waals surface area contributed by atoms with Gasteiger partial charge < -0.3 is 16.0 Å². The van der Waals surface area contributed by atoms with Gasteiger partial charge in [0, 0.05) is 23.6 Å². The Bertz CT molecular complexity index is 993. The lowest BCUT2D eigenvalue weighted by Gasteiger charge is -2.12. The Hall–Kier alpha value is -3.22. The van der Waals surface area contributed by atoms with Crippen molar-refractivity contribution in [2.45, 2.75) is 51.9 Å². The van der Waals surface area contributed by atoms with Crippen LogP contribution in [0.5, 0.6) is 0 Å². The van der Waals surface area contributed by atoms with E-state index < -0.39 is 0 Å². The van der Waals surface area contributed by atoms with Gasteiger partial charge in [0.1, 0.15) is 5.82 Å². The predicted molar refractivity (Wildman–Crippen MR) is 124 cm³/mol. The molecule has 2 fully saturated rings. The summed E-state index contributed by atoms with van der Waals surface area (Å²) in [6, 6.07) is 8.53. The summed E-state index contributed by atoms with van der Waals surface area (Å²) in [5.74, 6) is 0.813. The Morgan fingerprint density at radius 3 is 2.44 bits per heavy atom. The van der Waals surface area contributed by atoms with Gasteiger partial charge in [-0.15, -0.1) is 0 Å². The molecule has 3 N–H and O–H groups in total. The SMILES string of the molecule is Cc1ccc(C(=O)NCCC2CCCC2)cc1C(=O)Nc1ccc(NC(=O)C2CC2)nc1. The van der Waals surface area contributed by atoms with Crippen molar-refractivity contribution in [1.82, 2.24) is 10.3 Å². The Morgan fingerprint density at radius 2 is 1.75 bits per heavy atom. The first-order valence-electron chi connectivity index (χ1n) is 11.5. The minimum atomic E-state index is -0.306. The summed E-state index contributed by atoms with van der Waals surface area (Å²) in [7, 11) is 0. The number of hydrogen-bond acceptors (Lipinski definition) is 4. The fourth-order valence-electron chi connectivity index (χ4n) is 4.11. The smallest absolute Gasteiger partial charge is 0.255 e. The van der Waals surface area contributed by atoms with Gasteiger partial charge >= 0.3 is 0 Å². The number of pyridine rings is 1. The van der Waals surface area contributed by atoms with E-state index in [1.54, 1.807) is 30.3 Å². The molecule has 0 aliphatic heterocycles. The van der Waals surface area contributed by atoms with Crippen LogP contribution < -0.4 is 16.0 Å². The standard InChI is InChI=1S/C25H30N4O3/c1-16-6-7-19(23(30)26-13-12-17-4-2-3-5-17)14-21(16)25(32)28-20-10-11-22(27-15-20)29-24(31)18-8-9-18/h6-7,10-11,14-15,17-18H,2-5,8-9,12-13H2,1H3,(H,26,30)(H,28,32)(H,27,29,31). The molecular weight excluding hydrogens is 404 g/mol. The number of nitrogens with zero attached hydrogens (tertiary/aromatic N) is 1. The van der Waals surface area contributed by atoms with Gasteiger partial charge in [0.05, 0.1) is 11.9 Å². The summed E-state index contributed by atoms with van der Waals surface area (Å²) in [6.07, 6.45) is 9.48. The lowest BCUT2D eigenvalue weighted by atomic mass is 10.0. The molecule has 2 aliphatic carbocycles. The van der Waals surface area contributed by atoms with E-state index in [-0.39, 0.29) is 23.6 Å². The Balaban J connectivity index is 1.34. The minimum absolute atomic E-state index is 0.0109. The number of benzene rings is 1. The van der Waals surface area contributed by atoms with E-state index in [2.05, 4.69) is 20.9 Å². The highest BCUT2D eigenvalue weighted by Crippen LogP contribution is 2.30. The molecular formula is C25H30N4O3. The molecule has 2 aliphatic rings. The highest BCUT2D eigenvalue weighted by atomic mass is 16.2. The minimum Gasteiger partial charge on any atom is -0.352 e. The fraction of sp³-hybridized carbons (Fsp3) is 0.440. The zero-order valence-corrected chi connectivity index (χ0v) is 18.4. The molecule has 4 rings (SSSR count). The molecule has 32 heavy (non-hydrogen) atoms. The maximum Gasteiger partial charge on any atom is 0.255 e. The topological polar surface area (TPSA) is 100 Å². The van der Waals surface area contributed by atoms with Crippen LogP contribution in [0, 0.1) is 18.8 Å². The third-order valence-electron chi connectivity index (χ3n) is 6.28. The Kier molecular flexibility index (Phi) is 6.83. The molecule has 7 nitrogen and oxygen atoms in total. The van der Waals surface area contributed by atoms with Crippen molar-refractivity contribution in [3.63, 3.8) is 0 Å². The molecule has 0 atom stereocenters. The van der Waals surface area contributed by atoms with Crippen molar-refractivity contribution in [3.8, 4) is 0 Å². The van der Waals surface area contributed by atoms with Gasteiger partial charge in [-0.2, -0.15) is 0 Å². The summed E-state index contributed by atoms with van der Waals surface area (Å²) in [4.78, 5) is 41.4. The summed E-state index contributed by atoms with van der Waals surface area (Å²) in [5, 5.41) is 8.57. The van der Waals surface area contributed by atoms with Crippen LogP contribution in [-0.4, -0.2) is 29.3 Å². The second-order valence-electron chi connectivity index (χ2n) is 8.87. The highest BCUT2D eigenvalue weighted by molar-refractivity contribution is 6.07. The van der Waals surface area contributed by atoms with Gasteiger partial charge in [0.2, 0.25) is 5.91 Å². The van der Waals surface area contributed by atoms with Gasteiger partial charge in [0.15, 0.2) is 0 Å². The van der Waals surface area contributed by atoms with Crippen molar-refractivity contribution in [3.05, 3.63) is 53.2 Å². The third-order valence-corrected chi connectivity index (χ3v) is 6.28. The lowest BCUT2D eigenvalue weighted by molar-refractivity contribution is -0.117. The van der Waals surface area contributed by atoms with Crippen LogP contribution in [0.1, 0.15) is 71.2 Å². The van der Waals surface area contributed by atoms with Crippen molar-refractivity contribution in [1.29, 1.82) is 0 Å². The van der Waals surface area contributed by atoms with Gasteiger partial charge in [-0.25, -0.2) is 4.98 Å². The van der Waals surface area contributed by atoms with Crippen LogP contribution in [0.2, 0.25) is 0 Å². The summed E-state index contributed by atoms with van der Waals surface area (Å²) >= 11 is 0. The van der Waals surface area contributed by atoms with Gasteiger partial charge in [-0.1, -0.05) is 31.7 Å². The van der Waals surface area contributed by atoms with Crippen molar-refractivity contribution < 1.29 is 14.4 Å². The quantitative estimate of drug-likeness (QED) is 0.577. The lowest BCUT2D eigenvalue weighted by Crippen LogP contribution is -2.26. The van der Waals surface area contributed by atoms with Gasteiger partial charge in [0.25, 0.3) is 11.8 Å². The molecule has 0 bridgehead atoms. The molecule has 7 heteroatoms. The second-order valence-corrected chi connectivity index (χ2v) is 8.87. The average molecular weight is 435 g/mol. The van der Waals surface area contributed by atoms with Crippen LogP contribution in [-0.2, 0) is 4.79 Å². The number of carbonyl (C=O) groups is 3. The Morgan fingerprint density at radius 1 is 0.969 bits per heavy atom. The molecule has 3 amide bonds. The summed E-state index contributed by atoms with van der Waals surface area (Å²) in [6.45, 7) is 2.50. The van der Waals surface area contributed by atoms with Crippen molar-refractivity contribution in [2.75, 3.05) is 17.2 Å². The van der Waals surface area contributed by atoms with Crippen LogP contribution in [0.4, 0.5) is 11.5 Å². The van der Waals surface area contributed by atoms with E-state index in [1.165, 1.54) is 31.9 Å². The number of nitrogens with one attached hydrogen (secondary N) is 3. The van der Waals surface area contributed by atoms with E-state index in [4.69, 9.17) is 0 Å². The molecule has 2 saturated carbocycles. The predicted octanol–water partition coefficient (Wildman–Crippen LogP) is 4.30. The summed E-state index contributed by atoms with van der Waals surface area (Å²) in [5.41, 5.74) is 2.22. The van der Waals surface area contributed by atoms with Gasteiger partial charge in [-0.3, -0.25) is 14.4 Å². The molecule has 0 radical (unpaired) electrons. The fourth-order valence-corrected chi connectivity index (χ4v) is 4.11. The largest absolute Gasteiger partial charge is 0.352 e. The van der Waals surface area contributed by atoms with Crippen LogP contribution in [0.25, 0.3) is 0 Å². The molecule has 2 aromatic rings. The number of amides is 3. The summed E-state index contributed by atoms with van der Waals surface area (Å²) < 4.78 is 0. The molecule has 0 unspecified atom stereocenters. The van der Waals surface area contributed by atoms with Crippen LogP contribution in [0.15, 0.2) is 36.5 Å². The number of anilines is 2. The van der Waals surface area contributed by atoms with E-state index in [0.717, 1.165) is 30.7 Å². The first-order valence-corrected chi connectivity index (χ1v) is 11.5. The van der Waals surface area contributed by atoms with E-state index >= 15 is 0 Å². The molecule has 0 spiro atoms. The normalized spacial score (nSPS) is 15.9. The molecule has 0 saturated heterocycles. The first kappa shape index (κ1) is 22.0. The maximum atomic E-state index is 12.8. The average Bonchev–Trinajstić information content (AvgIpc) is 3.52. The van der Waals surface area contributed by atoms with E-state index in [1.807, 2.05) is 6.92 Å². The number of aryl methyl sites for hydroxylation is 1. The van der Waals surface area contributed by atoms with Crippen LogP contribution >= 0.6 is 0 Å². The zero-order valence-electron chi connectivity index (χ0n) is 18.4. The zero-order chi connectivity index (χ0) is 22.5. The monoisotopic (exact) mass is 434 g/mol.